The van der Waals surface area contributed by atoms with Gasteiger partial charge in [0, 0.05) is 5.56 Å². The number of benzene rings is 1. The molecular weight excluding hydrogens is 207 g/mol. The number of carbonyl (C=O) groups excluding carboxylic acids is 1. The Morgan fingerprint density at radius 2 is 1.64 bits per heavy atom. The van der Waals surface area contributed by atoms with E-state index >= 15 is 0 Å². The predicted molar refractivity (Wildman–Crippen MR) is 36.7 cm³/mol. The lowest BCUT2D eigenvalue weighted by Gasteiger charge is -2.04. The van der Waals surface area contributed by atoms with Gasteiger partial charge >= 0.3 is 6.18 Å². The van der Waals surface area contributed by atoms with Gasteiger partial charge in [-0.1, -0.05) is 0 Å². The van der Waals surface area contributed by atoms with Gasteiger partial charge in [-0.15, -0.1) is 0 Å². The van der Waals surface area contributed by atoms with Gasteiger partial charge in [0.1, 0.15) is 0 Å². The fraction of sp³-hybridized carbons (Fsp3) is 0.125. The molecule has 0 radical (unpaired) electrons. The Balaban J connectivity index is 3.10. The molecule has 0 atom stereocenters. The Morgan fingerprint density at radius 1 is 1.07 bits per heavy atom. The molecular formula is C8H3F5O. The SMILES string of the molecule is O=C(c1ccc(F)c(F)c1)C(F)(F)F. The van der Waals surface area contributed by atoms with Gasteiger partial charge in [-0.2, -0.15) is 13.2 Å². The zero-order valence-electron chi connectivity index (χ0n) is 6.53. The van der Waals surface area contributed by atoms with Crippen molar-refractivity contribution in [3.05, 3.63) is 35.4 Å². The van der Waals surface area contributed by atoms with Gasteiger partial charge in [0.05, 0.1) is 0 Å². The van der Waals surface area contributed by atoms with E-state index in [0.717, 1.165) is 0 Å². The molecule has 1 aromatic rings. The fourth-order valence-corrected chi connectivity index (χ4v) is 0.801. The van der Waals surface area contributed by atoms with Crippen LogP contribution in [0.25, 0.3) is 0 Å². The third kappa shape index (κ3) is 2.07. The van der Waals surface area contributed by atoms with Gasteiger partial charge in [-0.3, -0.25) is 4.79 Å². The highest BCUT2D eigenvalue weighted by molar-refractivity contribution is 6.00. The molecule has 0 fully saturated rings. The highest BCUT2D eigenvalue weighted by Crippen LogP contribution is 2.22. The van der Waals surface area contributed by atoms with Crippen LogP contribution in [-0.2, 0) is 0 Å². The lowest BCUT2D eigenvalue weighted by molar-refractivity contribution is -0.0885. The zero-order valence-corrected chi connectivity index (χ0v) is 6.53. The molecule has 0 N–H and O–H groups in total. The van der Waals surface area contributed by atoms with Crippen molar-refractivity contribution in [3.63, 3.8) is 0 Å². The van der Waals surface area contributed by atoms with Crippen LogP contribution in [-0.4, -0.2) is 12.0 Å². The largest absolute Gasteiger partial charge is 0.454 e. The van der Waals surface area contributed by atoms with E-state index in [1.807, 2.05) is 0 Å². The van der Waals surface area contributed by atoms with E-state index in [0.29, 0.717) is 12.1 Å². The first-order valence-corrected chi connectivity index (χ1v) is 3.39. The summed E-state index contributed by atoms with van der Waals surface area (Å²) in [6.45, 7) is 0. The molecule has 6 heteroatoms. The van der Waals surface area contributed by atoms with E-state index in [2.05, 4.69) is 0 Å². The summed E-state index contributed by atoms with van der Waals surface area (Å²) >= 11 is 0. The summed E-state index contributed by atoms with van der Waals surface area (Å²) < 4.78 is 60.1. The van der Waals surface area contributed by atoms with Crippen LogP contribution in [0.3, 0.4) is 0 Å². The molecule has 0 bridgehead atoms. The topological polar surface area (TPSA) is 17.1 Å². The first-order valence-electron chi connectivity index (χ1n) is 3.39. The summed E-state index contributed by atoms with van der Waals surface area (Å²) in [5.41, 5.74) is -0.920. The van der Waals surface area contributed by atoms with Crippen LogP contribution in [0, 0.1) is 11.6 Å². The molecule has 0 unspecified atom stereocenters. The van der Waals surface area contributed by atoms with E-state index in [9.17, 15) is 26.7 Å². The first-order chi connectivity index (χ1) is 6.32. The molecule has 14 heavy (non-hydrogen) atoms. The molecule has 1 aromatic carbocycles. The normalized spacial score (nSPS) is 11.5. The predicted octanol–water partition coefficient (Wildman–Crippen LogP) is 2.71. The molecule has 1 rings (SSSR count). The highest BCUT2D eigenvalue weighted by atomic mass is 19.4. The second kappa shape index (κ2) is 3.36. The van der Waals surface area contributed by atoms with Crippen LogP contribution in [0.4, 0.5) is 22.0 Å². The van der Waals surface area contributed by atoms with Gasteiger partial charge in [0.25, 0.3) is 5.78 Å². The van der Waals surface area contributed by atoms with Crippen molar-refractivity contribution in [1.82, 2.24) is 0 Å². The number of Topliss-reactive ketones (excluding diaryl/α,β-unsaturated/α-hetero) is 1. The van der Waals surface area contributed by atoms with Crippen LogP contribution >= 0.6 is 0 Å². The van der Waals surface area contributed by atoms with E-state index in [1.165, 1.54) is 0 Å². The summed E-state index contributed by atoms with van der Waals surface area (Å²) in [5, 5.41) is 0. The lowest BCUT2D eigenvalue weighted by atomic mass is 10.1. The molecule has 0 amide bonds. The number of alkyl halides is 3. The third-order valence-electron chi connectivity index (χ3n) is 1.44. The number of carbonyl (C=O) groups is 1. The van der Waals surface area contributed by atoms with Crippen LogP contribution in [0.1, 0.15) is 10.4 Å². The minimum Gasteiger partial charge on any atom is -0.284 e. The molecule has 1 nitrogen and oxygen atoms in total. The number of hydrogen-bond donors (Lipinski definition) is 0. The molecule has 0 aliphatic rings. The van der Waals surface area contributed by atoms with Crippen molar-refractivity contribution in [1.29, 1.82) is 0 Å². The van der Waals surface area contributed by atoms with Crippen molar-refractivity contribution in [2.24, 2.45) is 0 Å². The Bertz CT molecular complexity index is 368. The molecule has 0 aromatic heterocycles. The van der Waals surface area contributed by atoms with E-state index in [1.54, 1.807) is 0 Å². The molecule has 0 heterocycles. The average Bonchev–Trinajstić information content (AvgIpc) is 2.07. The molecule has 0 aliphatic heterocycles. The summed E-state index contributed by atoms with van der Waals surface area (Å²) in [6.07, 6.45) is -5.08. The van der Waals surface area contributed by atoms with Gasteiger partial charge in [0.2, 0.25) is 0 Å². The second-order valence-corrected chi connectivity index (χ2v) is 2.46. The Labute approximate surface area is 75.2 Å². The van der Waals surface area contributed by atoms with Crippen molar-refractivity contribution in [2.45, 2.75) is 6.18 Å². The summed E-state index contributed by atoms with van der Waals surface area (Å²) in [5.74, 6) is -4.99. The number of ketones is 1. The smallest absolute Gasteiger partial charge is 0.284 e. The van der Waals surface area contributed by atoms with Crippen LogP contribution in [0.5, 0.6) is 0 Å². The van der Waals surface area contributed by atoms with Gasteiger partial charge in [-0.25, -0.2) is 8.78 Å². The monoisotopic (exact) mass is 210 g/mol. The average molecular weight is 210 g/mol. The van der Waals surface area contributed by atoms with Crippen molar-refractivity contribution < 1.29 is 26.7 Å². The first kappa shape index (κ1) is 10.6. The maximum atomic E-state index is 12.4. The quantitative estimate of drug-likeness (QED) is 0.514. The van der Waals surface area contributed by atoms with Gasteiger partial charge < -0.3 is 0 Å². The second-order valence-electron chi connectivity index (χ2n) is 2.46. The van der Waals surface area contributed by atoms with E-state index in [-0.39, 0.29) is 6.07 Å². The molecule has 0 aliphatic carbocycles. The maximum Gasteiger partial charge on any atom is 0.454 e. The maximum absolute atomic E-state index is 12.4. The van der Waals surface area contributed by atoms with Crippen molar-refractivity contribution in [2.75, 3.05) is 0 Å². The van der Waals surface area contributed by atoms with Crippen LogP contribution < -0.4 is 0 Å². The molecule has 76 valence electrons. The number of rotatable bonds is 1. The Hall–Kier alpha value is -1.46. The number of halogens is 5. The van der Waals surface area contributed by atoms with Gasteiger partial charge in [-0.05, 0) is 18.2 Å². The molecule has 0 saturated heterocycles. The molecule has 0 spiro atoms. The van der Waals surface area contributed by atoms with E-state index in [4.69, 9.17) is 0 Å². The Kier molecular flexibility index (Phi) is 2.55. The van der Waals surface area contributed by atoms with Gasteiger partial charge in [0.15, 0.2) is 11.6 Å². The highest BCUT2D eigenvalue weighted by Gasteiger charge is 2.39. The summed E-state index contributed by atoms with van der Waals surface area (Å²) in [6, 6.07) is 1.26. The minimum atomic E-state index is -5.08. The summed E-state index contributed by atoms with van der Waals surface area (Å²) in [4.78, 5) is 10.5. The van der Waals surface area contributed by atoms with E-state index < -0.39 is 29.2 Å². The number of hydrogen-bond acceptors (Lipinski definition) is 1. The minimum absolute atomic E-state index is 0.213. The van der Waals surface area contributed by atoms with Crippen molar-refractivity contribution in [3.8, 4) is 0 Å². The van der Waals surface area contributed by atoms with Crippen molar-refractivity contribution >= 4 is 5.78 Å². The Morgan fingerprint density at radius 3 is 2.07 bits per heavy atom. The van der Waals surface area contributed by atoms with Crippen LogP contribution in [0.15, 0.2) is 18.2 Å². The lowest BCUT2D eigenvalue weighted by Crippen LogP contribution is -2.22. The third-order valence-corrected chi connectivity index (χ3v) is 1.44. The molecule has 0 saturated carbocycles. The summed E-state index contributed by atoms with van der Waals surface area (Å²) in [7, 11) is 0. The van der Waals surface area contributed by atoms with Crippen LogP contribution in [0.2, 0.25) is 0 Å². The fourth-order valence-electron chi connectivity index (χ4n) is 0.801. The zero-order chi connectivity index (χ0) is 10.9. The standard InChI is InChI=1S/C8H3F5O/c9-5-2-1-4(3-6(5)10)7(14)8(11,12)13/h1-3H.